The summed E-state index contributed by atoms with van der Waals surface area (Å²) in [6, 6.07) is 6.90. The fourth-order valence-electron chi connectivity index (χ4n) is 3.18. The quantitative estimate of drug-likeness (QED) is 0.819. The van der Waals surface area contributed by atoms with Gasteiger partial charge < -0.3 is 15.0 Å². The second kappa shape index (κ2) is 7.87. The Morgan fingerprint density at radius 3 is 2.50 bits per heavy atom. The van der Waals surface area contributed by atoms with Crippen molar-refractivity contribution in [1.82, 2.24) is 10.2 Å². The predicted molar refractivity (Wildman–Crippen MR) is 103 cm³/mol. The van der Waals surface area contributed by atoms with Gasteiger partial charge in [-0.2, -0.15) is 0 Å². The van der Waals surface area contributed by atoms with Gasteiger partial charge in [-0.3, -0.25) is 9.59 Å². The van der Waals surface area contributed by atoms with Crippen LogP contribution in [-0.2, 0) is 9.59 Å². The Labute approximate surface area is 161 Å². The van der Waals surface area contributed by atoms with Crippen LogP contribution in [0.3, 0.4) is 0 Å². The van der Waals surface area contributed by atoms with Gasteiger partial charge in [0.2, 0.25) is 5.91 Å². The minimum absolute atomic E-state index is 0.0978. The molecule has 1 aromatic carbocycles. The molecule has 5 nitrogen and oxygen atoms in total. The van der Waals surface area contributed by atoms with E-state index >= 15 is 0 Å². The number of rotatable bonds is 6. The summed E-state index contributed by atoms with van der Waals surface area (Å²) in [6.07, 6.45) is 1.45. The molecule has 0 spiro atoms. The standard InChI is InChI=1S/C20H29ClN2O3/c1-14(2)13-22-17(24)20(5)11-6-12-23(20)18(25)19(3,4)26-16-9-7-15(21)8-10-16/h7-10,14H,6,11-13H2,1-5H3,(H,22,24). The molecule has 0 saturated carbocycles. The lowest BCUT2D eigenvalue weighted by atomic mass is 9.95. The van der Waals surface area contributed by atoms with Crippen LogP contribution in [0.2, 0.25) is 5.02 Å². The van der Waals surface area contributed by atoms with Crippen molar-refractivity contribution < 1.29 is 14.3 Å². The zero-order valence-electron chi connectivity index (χ0n) is 16.3. The van der Waals surface area contributed by atoms with Crippen LogP contribution in [0.5, 0.6) is 5.75 Å². The highest BCUT2D eigenvalue weighted by atomic mass is 35.5. The maximum Gasteiger partial charge on any atom is 0.267 e. The number of nitrogens with one attached hydrogen (secondary N) is 1. The van der Waals surface area contributed by atoms with Crippen molar-refractivity contribution >= 4 is 23.4 Å². The molecule has 1 N–H and O–H groups in total. The van der Waals surface area contributed by atoms with Gasteiger partial charge in [0.1, 0.15) is 11.3 Å². The van der Waals surface area contributed by atoms with Crippen LogP contribution in [0.4, 0.5) is 0 Å². The molecule has 0 bridgehead atoms. The lowest BCUT2D eigenvalue weighted by molar-refractivity contribution is -0.154. The summed E-state index contributed by atoms with van der Waals surface area (Å²) in [5.74, 6) is 0.641. The third-order valence-corrected chi connectivity index (χ3v) is 5.00. The molecule has 26 heavy (non-hydrogen) atoms. The van der Waals surface area contributed by atoms with Crippen LogP contribution < -0.4 is 10.1 Å². The van der Waals surface area contributed by atoms with Gasteiger partial charge in [-0.25, -0.2) is 0 Å². The molecule has 2 rings (SSSR count). The first-order chi connectivity index (χ1) is 12.1. The van der Waals surface area contributed by atoms with Gasteiger partial charge >= 0.3 is 0 Å². The molecule has 1 unspecified atom stereocenters. The second-order valence-electron chi connectivity index (χ2n) is 8.00. The molecule has 1 saturated heterocycles. The van der Waals surface area contributed by atoms with Crippen molar-refractivity contribution in [1.29, 1.82) is 0 Å². The average molecular weight is 381 g/mol. The van der Waals surface area contributed by atoms with E-state index in [1.165, 1.54) is 0 Å². The fraction of sp³-hybridized carbons (Fsp3) is 0.600. The van der Waals surface area contributed by atoms with E-state index in [4.69, 9.17) is 16.3 Å². The molecule has 1 aromatic rings. The Hall–Kier alpha value is -1.75. The molecule has 0 aromatic heterocycles. The van der Waals surface area contributed by atoms with Gasteiger partial charge in [-0.05, 0) is 63.8 Å². The van der Waals surface area contributed by atoms with E-state index in [0.717, 1.165) is 6.42 Å². The first-order valence-electron chi connectivity index (χ1n) is 9.11. The molecule has 1 fully saturated rings. The molecule has 1 aliphatic heterocycles. The summed E-state index contributed by atoms with van der Waals surface area (Å²) in [7, 11) is 0. The zero-order valence-corrected chi connectivity index (χ0v) is 17.0. The number of amides is 2. The molecule has 144 valence electrons. The first kappa shape index (κ1) is 20.6. The van der Waals surface area contributed by atoms with Crippen molar-refractivity contribution in [2.24, 2.45) is 5.92 Å². The molecule has 1 atom stereocenters. The largest absolute Gasteiger partial charge is 0.478 e. The molecular formula is C20H29ClN2O3. The van der Waals surface area contributed by atoms with E-state index in [9.17, 15) is 9.59 Å². The summed E-state index contributed by atoms with van der Waals surface area (Å²) < 4.78 is 5.92. The number of hydrogen-bond acceptors (Lipinski definition) is 3. The molecular weight excluding hydrogens is 352 g/mol. The second-order valence-corrected chi connectivity index (χ2v) is 8.44. The van der Waals surface area contributed by atoms with Crippen LogP contribution in [0.1, 0.15) is 47.5 Å². The van der Waals surface area contributed by atoms with E-state index in [2.05, 4.69) is 5.32 Å². The summed E-state index contributed by atoms with van der Waals surface area (Å²) in [4.78, 5) is 27.6. The van der Waals surface area contributed by atoms with Gasteiger partial charge in [-0.15, -0.1) is 0 Å². The van der Waals surface area contributed by atoms with Crippen molar-refractivity contribution in [2.45, 2.75) is 58.6 Å². The number of halogens is 1. The van der Waals surface area contributed by atoms with Gasteiger partial charge in [0.15, 0.2) is 5.60 Å². The number of nitrogens with zero attached hydrogens (tertiary/aromatic N) is 1. The smallest absolute Gasteiger partial charge is 0.267 e. The lowest BCUT2D eigenvalue weighted by Crippen LogP contribution is -2.60. The van der Waals surface area contributed by atoms with E-state index < -0.39 is 11.1 Å². The molecule has 1 heterocycles. The Kier molecular flexibility index (Phi) is 6.22. The summed E-state index contributed by atoms with van der Waals surface area (Å²) in [5, 5.41) is 3.58. The predicted octanol–water partition coefficient (Wildman–Crippen LogP) is 3.65. The molecule has 6 heteroatoms. The van der Waals surface area contributed by atoms with Gasteiger partial charge in [0.05, 0.1) is 0 Å². The van der Waals surface area contributed by atoms with Crippen molar-refractivity contribution in [3.63, 3.8) is 0 Å². The Balaban J connectivity index is 2.14. The van der Waals surface area contributed by atoms with Crippen LogP contribution in [0, 0.1) is 5.92 Å². The van der Waals surface area contributed by atoms with E-state index in [0.29, 0.717) is 36.2 Å². The molecule has 0 aliphatic carbocycles. The average Bonchev–Trinajstić information content (AvgIpc) is 2.96. The molecule has 2 amide bonds. The number of carbonyl (C=O) groups is 2. The monoisotopic (exact) mass is 380 g/mol. The zero-order chi connectivity index (χ0) is 19.5. The highest BCUT2D eigenvalue weighted by molar-refractivity contribution is 6.30. The Morgan fingerprint density at radius 2 is 1.92 bits per heavy atom. The van der Waals surface area contributed by atoms with Crippen LogP contribution >= 0.6 is 11.6 Å². The highest BCUT2D eigenvalue weighted by Gasteiger charge is 2.49. The van der Waals surface area contributed by atoms with Crippen LogP contribution in [-0.4, -0.2) is 40.9 Å². The van der Waals surface area contributed by atoms with Crippen LogP contribution in [0.15, 0.2) is 24.3 Å². The minimum Gasteiger partial charge on any atom is -0.478 e. The maximum atomic E-state index is 13.2. The van der Waals surface area contributed by atoms with E-state index in [1.807, 2.05) is 20.8 Å². The number of hydrogen-bond donors (Lipinski definition) is 1. The number of ether oxygens (including phenoxy) is 1. The molecule has 1 aliphatic rings. The first-order valence-corrected chi connectivity index (χ1v) is 9.49. The number of benzene rings is 1. The number of carbonyl (C=O) groups excluding carboxylic acids is 2. The lowest BCUT2D eigenvalue weighted by Gasteiger charge is -2.38. The van der Waals surface area contributed by atoms with Crippen molar-refractivity contribution in [3.8, 4) is 5.75 Å². The van der Waals surface area contributed by atoms with Gasteiger partial charge in [-0.1, -0.05) is 25.4 Å². The summed E-state index contributed by atoms with van der Waals surface area (Å²) in [5.41, 5.74) is -1.93. The third-order valence-electron chi connectivity index (χ3n) is 4.75. The Bertz CT molecular complexity index is 658. The summed E-state index contributed by atoms with van der Waals surface area (Å²) >= 11 is 5.90. The highest BCUT2D eigenvalue weighted by Crippen LogP contribution is 2.33. The van der Waals surface area contributed by atoms with Crippen molar-refractivity contribution in [3.05, 3.63) is 29.3 Å². The molecule has 0 radical (unpaired) electrons. The van der Waals surface area contributed by atoms with Gasteiger partial charge in [0.25, 0.3) is 5.91 Å². The van der Waals surface area contributed by atoms with E-state index in [1.54, 1.807) is 43.0 Å². The van der Waals surface area contributed by atoms with Gasteiger partial charge in [0, 0.05) is 18.1 Å². The van der Waals surface area contributed by atoms with Crippen LogP contribution in [0.25, 0.3) is 0 Å². The van der Waals surface area contributed by atoms with E-state index in [-0.39, 0.29) is 11.8 Å². The Morgan fingerprint density at radius 1 is 1.31 bits per heavy atom. The van der Waals surface area contributed by atoms with Crippen molar-refractivity contribution in [2.75, 3.05) is 13.1 Å². The SMILES string of the molecule is CC(C)CNC(=O)C1(C)CCCN1C(=O)C(C)(C)Oc1ccc(Cl)cc1. The maximum absolute atomic E-state index is 13.2. The normalized spacial score (nSPS) is 20.3. The third kappa shape index (κ3) is 4.50. The number of likely N-dealkylation sites (tertiary alicyclic amines) is 1. The topological polar surface area (TPSA) is 58.6 Å². The minimum atomic E-state index is -1.09. The summed E-state index contributed by atoms with van der Waals surface area (Å²) in [6.45, 7) is 10.5. The fourth-order valence-corrected chi connectivity index (χ4v) is 3.30.